The second-order valence-electron chi connectivity index (χ2n) is 6.12. The number of amides is 1. The molecule has 0 aromatic heterocycles. The van der Waals surface area contributed by atoms with Crippen LogP contribution < -0.4 is 10.1 Å². The summed E-state index contributed by atoms with van der Waals surface area (Å²) in [7, 11) is 0. The number of benzene rings is 2. The fourth-order valence-electron chi connectivity index (χ4n) is 3.17. The number of halogens is 1. The average molecular weight is 344 g/mol. The average Bonchev–Trinajstić information content (AvgIpc) is 2.61. The van der Waals surface area contributed by atoms with E-state index >= 15 is 0 Å². The Morgan fingerprint density at radius 1 is 1.25 bits per heavy atom. The topological polar surface area (TPSA) is 38.3 Å². The van der Waals surface area contributed by atoms with Crippen LogP contribution in [0.2, 0.25) is 5.02 Å². The molecular weight excluding hydrogens is 322 g/mol. The van der Waals surface area contributed by atoms with Crippen LogP contribution in [0.15, 0.2) is 48.5 Å². The van der Waals surface area contributed by atoms with Crippen LogP contribution in [0.1, 0.15) is 43.4 Å². The molecule has 2 aromatic rings. The highest BCUT2D eigenvalue weighted by atomic mass is 35.5. The van der Waals surface area contributed by atoms with Gasteiger partial charge in [-0.1, -0.05) is 42.8 Å². The highest BCUT2D eigenvalue weighted by Gasteiger charge is 2.25. The molecule has 0 aliphatic heterocycles. The molecule has 126 valence electrons. The normalized spacial score (nSPS) is 17.7. The van der Waals surface area contributed by atoms with Crippen molar-refractivity contribution in [2.24, 2.45) is 0 Å². The molecule has 0 saturated carbocycles. The van der Waals surface area contributed by atoms with Gasteiger partial charge in [0.2, 0.25) is 0 Å². The lowest BCUT2D eigenvalue weighted by Crippen LogP contribution is -2.40. The number of fused-ring (bicyclic) bond motifs is 1. The van der Waals surface area contributed by atoms with E-state index in [9.17, 15) is 4.79 Å². The fraction of sp³-hybridized carbons (Fsp3) is 0.350. The maximum atomic E-state index is 12.7. The molecular formula is C20H22ClNO2. The van der Waals surface area contributed by atoms with E-state index in [4.69, 9.17) is 16.3 Å². The van der Waals surface area contributed by atoms with Crippen molar-refractivity contribution in [1.29, 1.82) is 0 Å². The molecule has 0 heterocycles. The first kappa shape index (κ1) is 16.8. The number of rotatable bonds is 5. The van der Waals surface area contributed by atoms with Gasteiger partial charge in [0.15, 0.2) is 6.10 Å². The highest BCUT2D eigenvalue weighted by Crippen LogP contribution is 2.29. The standard InChI is InChI=1S/C20H22ClNO2/c1-2-19(24-16-12-10-15(21)11-13-16)20(23)22-18-9-5-7-14-6-3-4-8-17(14)18/h3-4,6,8,10-13,18-19H,2,5,7,9H2,1H3,(H,22,23)/t18-,19+/m0/s1. The maximum Gasteiger partial charge on any atom is 0.261 e. The largest absolute Gasteiger partial charge is 0.481 e. The predicted octanol–water partition coefficient (Wildman–Crippen LogP) is 4.69. The first-order valence-electron chi connectivity index (χ1n) is 8.47. The van der Waals surface area contributed by atoms with Crippen molar-refractivity contribution in [3.05, 3.63) is 64.7 Å². The minimum absolute atomic E-state index is 0.0610. The minimum Gasteiger partial charge on any atom is -0.481 e. The lowest BCUT2D eigenvalue weighted by molar-refractivity contribution is -0.129. The van der Waals surface area contributed by atoms with E-state index in [-0.39, 0.29) is 11.9 Å². The third kappa shape index (κ3) is 3.90. The third-order valence-electron chi connectivity index (χ3n) is 4.44. The Labute approximate surface area is 148 Å². The van der Waals surface area contributed by atoms with E-state index in [1.165, 1.54) is 11.1 Å². The van der Waals surface area contributed by atoms with Crippen LogP contribution in [-0.2, 0) is 11.2 Å². The Kier molecular flexibility index (Phi) is 5.41. The zero-order valence-corrected chi connectivity index (χ0v) is 14.6. The third-order valence-corrected chi connectivity index (χ3v) is 4.69. The molecule has 3 nitrogen and oxygen atoms in total. The van der Waals surface area contributed by atoms with Crippen LogP contribution in [0.5, 0.6) is 5.75 Å². The molecule has 24 heavy (non-hydrogen) atoms. The van der Waals surface area contributed by atoms with Crippen LogP contribution in [-0.4, -0.2) is 12.0 Å². The van der Waals surface area contributed by atoms with Crippen molar-refractivity contribution < 1.29 is 9.53 Å². The Morgan fingerprint density at radius 2 is 2.00 bits per heavy atom. The summed E-state index contributed by atoms with van der Waals surface area (Å²) in [5.41, 5.74) is 2.57. The summed E-state index contributed by atoms with van der Waals surface area (Å²) in [5.74, 6) is 0.597. The summed E-state index contributed by atoms with van der Waals surface area (Å²) in [6.45, 7) is 1.95. The first-order valence-corrected chi connectivity index (χ1v) is 8.85. The van der Waals surface area contributed by atoms with Gasteiger partial charge >= 0.3 is 0 Å². The van der Waals surface area contributed by atoms with Crippen LogP contribution in [0, 0.1) is 0 Å². The van der Waals surface area contributed by atoms with Crippen LogP contribution in [0.4, 0.5) is 0 Å². The number of hydrogen-bond donors (Lipinski definition) is 1. The molecule has 0 bridgehead atoms. The molecule has 2 aromatic carbocycles. The van der Waals surface area contributed by atoms with Gasteiger partial charge in [-0.25, -0.2) is 0 Å². The van der Waals surface area contributed by atoms with E-state index < -0.39 is 6.10 Å². The van der Waals surface area contributed by atoms with E-state index in [0.29, 0.717) is 17.2 Å². The Balaban J connectivity index is 1.68. The molecule has 2 atom stereocenters. The monoisotopic (exact) mass is 343 g/mol. The van der Waals surface area contributed by atoms with E-state index in [0.717, 1.165) is 19.3 Å². The van der Waals surface area contributed by atoms with E-state index in [2.05, 4.69) is 23.5 Å². The summed E-state index contributed by atoms with van der Waals surface area (Å²) in [4.78, 5) is 12.7. The molecule has 0 saturated heterocycles. The van der Waals surface area contributed by atoms with Gasteiger partial charge in [-0.15, -0.1) is 0 Å². The maximum absolute atomic E-state index is 12.7. The molecule has 4 heteroatoms. The number of hydrogen-bond acceptors (Lipinski definition) is 2. The second-order valence-corrected chi connectivity index (χ2v) is 6.56. The van der Waals surface area contributed by atoms with Crippen molar-refractivity contribution in [2.75, 3.05) is 0 Å². The van der Waals surface area contributed by atoms with Gasteiger partial charge in [0.1, 0.15) is 5.75 Å². The second kappa shape index (κ2) is 7.71. The molecule has 1 amide bonds. The lowest BCUT2D eigenvalue weighted by Gasteiger charge is -2.28. The molecule has 0 radical (unpaired) electrons. The Morgan fingerprint density at radius 3 is 2.75 bits per heavy atom. The van der Waals surface area contributed by atoms with Crippen molar-refractivity contribution in [2.45, 2.75) is 44.8 Å². The summed E-state index contributed by atoms with van der Waals surface area (Å²) >= 11 is 5.89. The van der Waals surface area contributed by atoms with Crippen LogP contribution in [0.3, 0.4) is 0 Å². The van der Waals surface area contributed by atoms with Crippen LogP contribution in [0.25, 0.3) is 0 Å². The van der Waals surface area contributed by atoms with Crippen molar-refractivity contribution in [3.8, 4) is 5.75 Å². The number of carbonyl (C=O) groups is 1. The number of ether oxygens (including phenoxy) is 1. The molecule has 3 rings (SSSR count). The first-order chi connectivity index (χ1) is 11.7. The summed E-state index contributed by atoms with van der Waals surface area (Å²) in [6.07, 6.45) is 3.26. The summed E-state index contributed by atoms with van der Waals surface area (Å²) in [5, 5.41) is 3.82. The molecule has 0 spiro atoms. The van der Waals surface area contributed by atoms with Gasteiger partial charge in [0, 0.05) is 5.02 Å². The van der Waals surface area contributed by atoms with E-state index in [1.54, 1.807) is 24.3 Å². The highest BCUT2D eigenvalue weighted by molar-refractivity contribution is 6.30. The van der Waals surface area contributed by atoms with Crippen molar-refractivity contribution in [3.63, 3.8) is 0 Å². The zero-order valence-electron chi connectivity index (χ0n) is 13.8. The van der Waals surface area contributed by atoms with Gasteiger partial charge in [-0.2, -0.15) is 0 Å². The molecule has 0 unspecified atom stereocenters. The predicted molar refractivity (Wildman–Crippen MR) is 96.4 cm³/mol. The molecule has 1 aliphatic rings. The Bertz CT molecular complexity index is 699. The van der Waals surface area contributed by atoms with Gasteiger partial charge in [-0.05, 0) is 61.1 Å². The molecule has 1 aliphatic carbocycles. The smallest absolute Gasteiger partial charge is 0.261 e. The SMILES string of the molecule is CC[C@@H](Oc1ccc(Cl)cc1)C(=O)N[C@H]1CCCc2ccccc21. The zero-order chi connectivity index (χ0) is 16.9. The number of aryl methyl sites for hydroxylation is 1. The van der Waals surface area contributed by atoms with Crippen molar-refractivity contribution in [1.82, 2.24) is 5.32 Å². The van der Waals surface area contributed by atoms with Crippen LogP contribution >= 0.6 is 11.6 Å². The number of carbonyl (C=O) groups excluding carboxylic acids is 1. The van der Waals surface area contributed by atoms with Crippen molar-refractivity contribution >= 4 is 17.5 Å². The molecule has 0 fully saturated rings. The van der Waals surface area contributed by atoms with Gasteiger partial charge < -0.3 is 10.1 Å². The van der Waals surface area contributed by atoms with E-state index in [1.807, 2.05) is 13.0 Å². The molecule has 1 N–H and O–H groups in total. The summed E-state index contributed by atoms with van der Waals surface area (Å²) < 4.78 is 5.84. The minimum atomic E-state index is -0.500. The Hall–Kier alpha value is -2.00. The van der Waals surface area contributed by atoms with Gasteiger partial charge in [-0.3, -0.25) is 4.79 Å². The van der Waals surface area contributed by atoms with Gasteiger partial charge in [0.05, 0.1) is 6.04 Å². The lowest BCUT2D eigenvalue weighted by atomic mass is 9.87. The number of nitrogens with one attached hydrogen (secondary N) is 1. The quantitative estimate of drug-likeness (QED) is 0.855. The van der Waals surface area contributed by atoms with Gasteiger partial charge in [0.25, 0.3) is 5.91 Å². The summed E-state index contributed by atoms with van der Waals surface area (Å²) in [6, 6.07) is 15.5. The fourth-order valence-corrected chi connectivity index (χ4v) is 3.29.